The van der Waals surface area contributed by atoms with Crippen LogP contribution in [0.2, 0.25) is 0 Å². The fourth-order valence-electron chi connectivity index (χ4n) is 2.08. The molecule has 0 aliphatic rings. The van der Waals surface area contributed by atoms with Crippen molar-refractivity contribution in [3.63, 3.8) is 0 Å². The molecule has 0 saturated carbocycles. The first-order chi connectivity index (χ1) is 9.02. The van der Waals surface area contributed by atoms with Gasteiger partial charge in [-0.15, -0.1) is 0 Å². The molecule has 5 heteroatoms. The van der Waals surface area contributed by atoms with E-state index in [1.165, 1.54) is 10.6 Å². The number of ether oxygens (including phenoxy) is 1. The van der Waals surface area contributed by atoms with Gasteiger partial charge >= 0.3 is 5.97 Å². The number of hydrogen-bond donors (Lipinski definition) is 0. The third kappa shape index (κ3) is 2.65. The Morgan fingerprint density at radius 1 is 1.37 bits per heavy atom. The van der Waals surface area contributed by atoms with Gasteiger partial charge in [0, 0.05) is 17.1 Å². The highest BCUT2D eigenvalue weighted by atomic mass is 16.5. The number of esters is 1. The van der Waals surface area contributed by atoms with Crippen LogP contribution in [0.3, 0.4) is 0 Å². The second-order valence-electron chi connectivity index (χ2n) is 4.38. The number of nitrogens with zero attached hydrogens (tertiary/aromatic N) is 2. The van der Waals surface area contributed by atoms with Gasteiger partial charge in [-0.1, -0.05) is 0 Å². The van der Waals surface area contributed by atoms with Gasteiger partial charge in [-0.25, -0.2) is 4.98 Å². The molecule has 2 aromatic heterocycles. The molecule has 2 heterocycles. The molecule has 0 amide bonds. The van der Waals surface area contributed by atoms with Gasteiger partial charge in [0.1, 0.15) is 12.2 Å². The highest BCUT2D eigenvalue weighted by Gasteiger charge is 2.11. The lowest BCUT2D eigenvalue weighted by molar-refractivity contribution is -0.143. The van der Waals surface area contributed by atoms with Gasteiger partial charge in [0.15, 0.2) is 0 Å². The van der Waals surface area contributed by atoms with Crippen LogP contribution >= 0.6 is 0 Å². The van der Waals surface area contributed by atoms with E-state index in [4.69, 9.17) is 4.74 Å². The zero-order chi connectivity index (χ0) is 14.0. The van der Waals surface area contributed by atoms with E-state index >= 15 is 0 Å². The molecule has 19 heavy (non-hydrogen) atoms. The van der Waals surface area contributed by atoms with Crippen LogP contribution < -0.4 is 5.56 Å². The summed E-state index contributed by atoms with van der Waals surface area (Å²) >= 11 is 0. The van der Waals surface area contributed by atoms with E-state index in [1.807, 2.05) is 19.9 Å². The Morgan fingerprint density at radius 3 is 2.79 bits per heavy atom. The summed E-state index contributed by atoms with van der Waals surface area (Å²) < 4.78 is 6.24. The number of hydrogen-bond acceptors (Lipinski definition) is 4. The molecule has 100 valence electrons. The number of fused-ring (bicyclic) bond motifs is 1. The van der Waals surface area contributed by atoms with E-state index in [-0.39, 0.29) is 12.1 Å². The highest BCUT2D eigenvalue weighted by molar-refractivity contribution is 5.80. The second kappa shape index (κ2) is 5.22. The summed E-state index contributed by atoms with van der Waals surface area (Å²) in [5.41, 5.74) is 2.12. The summed E-state index contributed by atoms with van der Waals surface area (Å²) in [5.74, 6) is -0.432. The SMILES string of the molecule is CCOC(=O)Cn1c(=O)ccc2c(C)cc(C)nc21. The van der Waals surface area contributed by atoms with Gasteiger partial charge in [-0.3, -0.25) is 14.2 Å². The number of carbonyl (C=O) groups excluding carboxylic acids is 1. The zero-order valence-electron chi connectivity index (χ0n) is 11.3. The molecule has 0 atom stereocenters. The van der Waals surface area contributed by atoms with Gasteiger partial charge < -0.3 is 4.74 Å². The van der Waals surface area contributed by atoms with Crippen molar-refractivity contribution < 1.29 is 9.53 Å². The maximum absolute atomic E-state index is 11.9. The monoisotopic (exact) mass is 260 g/mol. The van der Waals surface area contributed by atoms with Gasteiger partial charge in [0.05, 0.1) is 6.61 Å². The quantitative estimate of drug-likeness (QED) is 0.786. The van der Waals surface area contributed by atoms with Crippen LogP contribution in [0.5, 0.6) is 0 Å². The van der Waals surface area contributed by atoms with E-state index in [0.717, 1.165) is 16.6 Å². The Bertz CT molecular complexity index is 689. The lowest BCUT2D eigenvalue weighted by atomic mass is 10.1. The zero-order valence-corrected chi connectivity index (χ0v) is 11.3. The fourth-order valence-corrected chi connectivity index (χ4v) is 2.08. The van der Waals surface area contributed by atoms with Crippen LogP contribution in [0, 0.1) is 13.8 Å². The first-order valence-corrected chi connectivity index (χ1v) is 6.16. The van der Waals surface area contributed by atoms with Crippen molar-refractivity contribution in [3.05, 3.63) is 39.8 Å². The Hall–Kier alpha value is -2.17. The molecule has 0 saturated heterocycles. The van der Waals surface area contributed by atoms with Crippen LogP contribution in [0.1, 0.15) is 18.2 Å². The molecule has 2 aromatic rings. The highest BCUT2D eigenvalue weighted by Crippen LogP contribution is 2.15. The van der Waals surface area contributed by atoms with Crippen LogP contribution in [-0.4, -0.2) is 22.1 Å². The van der Waals surface area contributed by atoms with Gasteiger partial charge in [-0.2, -0.15) is 0 Å². The normalized spacial score (nSPS) is 10.7. The largest absolute Gasteiger partial charge is 0.465 e. The summed E-state index contributed by atoms with van der Waals surface area (Å²) in [6.07, 6.45) is 0. The van der Waals surface area contributed by atoms with E-state index in [9.17, 15) is 9.59 Å². The van der Waals surface area contributed by atoms with Gasteiger partial charge in [0.25, 0.3) is 5.56 Å². The summed E-state index contributed by atoms with van der Waals surface area (Å²) in [6, 6.07) is 5.13. The molecule has 0 aliphatic heterocycles. The third-order valence-corrected chi connectivity index (χ3v) is 2.88. The molecule has 0 aliphatic carbocycles. The van der Waals surface area contributed by atoms with Crippen molar-refractivity contribution in [1.82, 2.24) is 9.55 Å². The molecule has 0 unspecified atom stereocenters. The number of carbonyl (C=O) groups is 1. The van der Waals surface area contributed by atoms with E-state index < -0.39 is 5.97 Å². The molecule has 0 N–H and O–H groups in total. The molecule has 0 spiro atoms. The minimum atomic E-state index is -0.432. The maximum Gasteiger partial charge on any atom is 0.326 e. The fraction of sp³-hybridized carbons (Fsp3) is 0.357. The predicted octanol–water partition coefficient (Wildman–Crippen LogP) is 1.58. The standard InChI is InChI=1S/C14H16N2O3/c1-4-19-13(18)8-16-12(17)6-5-11-9(2)7-10(3)15-14(11)16/h5-7H,4,8H2,1-3H3. The molecule has 0 fully saturated rings. The minimum Gasteiger partial charge on any atom is -0.465 e. The van der Waals surface area contributed by atoms with Crippen molar-refractivity contribution >= 4 is 17.0 Å². The van der Waals surface area contributed by atoms with Crippen molar-refractivity contribution in [1.29, 1.82) is 0 Å². The average molecular weight is 260 g/mol. The summed E-state index contributed by atoms with van der Waals surface area (Å²) in [4.78, 5) is 27.8. The Kier molecular flexibility index (Phi) is 3.64. The lowest BCUT2D eigenvalue weighted by Gasteiger charge is -2.10. The smallest absolute Gasteiger partial charge is 0.326 e. The van der Waals surface area contributed by atoms with Crippen molar-refractivity contribution in [2.24, 2.45) is 0 Å². The molecular formula is C14H16N2O3. The predicted molar refractivity (Wildman–Crippen MR) is 72.1 cm³/mol. The second-order valence-corrected chi connectivity index (χ2v) is 4.38. The molecule has 2 rings (SSSR count). The van der Waals surface area contributed by atoms with Crippen molar-refractivity contribution in [2.75, 3.05) is 6.61 Å². The first kappa shape index (κ1) is 13.3. The van der Waals surface area contributed by atoms with Crippen LogP contribution in [-0.2, 0) is 16.1 Å². The maximum atomic E-state index is 11.9. The van der Waals surface area contributed by atoms with Crippen LogP contribution in [0.4, 0.5) is 0 Å². The van der Waals surface area contributed by atoms with Crippen molar-refractivity contribution in [2.45, 2.75) is 27.3 Å². The minimum absolute atomic E-state index is 0.111. The molecule has 5 nitrogen and oxygen atoms in total. The van der Waals surface area contributed by atoms with Crippen LogP contribution in [0.15, 0.2) is 23.0 Å². The average Bonchev–Trinajstić information content (AvgIpc) is 2.33. The Balaban J connectivity index is 2.61. The summed E-state index contributed by atoms with van der Waals surface area (Å²) in [7, 11) is 0. The summed E-state index contributed by atoms with van der Waals surface area (Å²) in [6.45, 7) is 5.73. The van der Waals surface area contributed by atoms with Crippen LogP contribution in [0.25, 0.3) is 11.0 Å². The molecule has 0 bridgehead atoms. The topological polar surface area (TPSA) is 61.2 Å². The summed E-state index contributed by atoms with van der Waals surface area (Å²) in [5, 5.41) is 0.870. The van der Waals surface area contributed by atoms with E-state index in [2.05, 4.69) is 4.98 Å². The van der Waals surface area contributed by atoms with Gasteiger partial charge in [-0.05, 0) is 38.5 Å². The number of rotatable bonds is 3. The lowest BCUT2D eigenvalue weighted by Crippen LogP contribution is -2.25. The number of pyridine rings is 2. The molecule has 0 aromatic carbocycles. The first-order valence-electron chi connectivity index (χ1n) is 6.16. The Labute approximate surface area is 110 Å². The molecular weight excluding hydrogens is 244 g/mol. The number of aromatic nitrogens is 2. The third-order valence-electron chi connectivity index (χ3n) is 2.88. The van der Waals surface area contributed by atoms with E-state index in [0.29, 0.717) is 12.3 Å². The van der Waals surface area contributed by atoms with Gasteiger partial charge in [0.2, 0.25) is 0 Å². The van der Waals surface area contributed by atoms with E-state index in [1.54, 1.807) is 13.0 Å². The van der Waals surface area contributed by atoms with Crippen molar-refractivity contribution in [3.8, 4) is 0 Å². The number of aryl methyl sites for hydroxylation is 2. The Morgan fingerprint density at radius 2 is 2.11 bits per heavy atom. The molecule has 0 radical (unpaired) electrons.